The van der Waals surface area contributed by atoms with Crippen LogP contribution in [0.15, 0.2) is 24.3 Å². The molecule has 0 saturated carbocycles. The fourth-order valence-corrected chi connectivity index (χ4v) is 1.72. The van der Waals surface area contributed by atoms with Crippen LogP contribution in [0.5, 0.6) is 5.75 Å². The summed E-state index contributed by atoms with van der Waals surface area (Å²) < 4.78 is 5.82. The first-order valence-corrected chi connectivity index (χ1v) is 4.96. The quantitative estimate of drug-likeness (QED) is 0.680. The van der Waals surface area contributed by atoms with Gasteiger partial charge in [0.25, 0.3) is 0 Å². The van der Waals surface area contributed by atoms with Crippen LogP contribution in [-0.4, -0.2) is 11.4 Å². The van der Waals surface area contributed by atoms with E-state index in [9.17, 15) is 4.79 Å². The van der Waals surface area contributed by atoms with Crippen LogP contribution >= 0.6 is 0 Å². The number of ketones is 1. The first-order valence-electron chi connectivity index (χ1n) is 4.96. The predicted octanol–water partition coefficient (Wildman–Crippen LogP) is 2.82. The first-order chi connectivity index (χ1) is 6.64. The summed E-state index contributed by atoms with van der Waals surface area (Å²) in [6, 6.07) is 7.45. The largest absolute Gasteiger partial charge is 0.486 e. The van der Waals surface area contributed by atoms with Gasteiger partial charge >= 0.3 is 0 Å². The molecule has 0 aromatic heterocycles. The molecular weight excluding hydrogens is 176 g/mol. The Bertz CT molecular complexity index is 370. The van der Waals surface area contributed by atoms with Gasteiger partial charge in [0, 0.05) is 0 Å². The van der Waals surface area contributed by atoms with Crippen LogP contribution in [0, 0.1) is 0 Å². The van der Waals surface area contributed by atoms with E-state index in [4.69, 9.17) is 4.74 Å². The second-order valence-electron chi connectivity index (χ2n) is 4.00. The van der Waals surface area contributed by atoms with Crippen LogP contribution < -0.4 is 4.74 Å². The van der Waals surface area contributed by atoms with Crippen molar-refractivity contribution in [1.29, 1.82) is 0 Å². The van der Waals surface area contributed by atoms with Gasteiger partial charge in [-0.1, -0.05) is 19.1 Å². The van der Waals surface area contributed by atoms with Crippen LogP contribution in [0.4, 0.5) is 0 Å². The van der Waals surface area contributed by atoms with Gasteiger partial charge in [-0.3, -0.25) is 4.79 Å². The van der Waals surface area contributed by atoms with Crippen molar-refractivity contribution in [2.45, 2.75) is 32.3 Å². The highest BCUT2D eigenvalue weighted by Gasteiger charge is 2.34. The summed E-state index contributed by atoms with van der Waals surface area (Å²) in [4.78, 5) is 11.8. The van der Waals surface area contributed by atoms with E-state index in [0.717, 1.165) is 17.7 Å². The third-order valence-corrected chi connectivity index (χ3v) is 2.83. The Morgan fingerprint density at radius 1 is 1.43 bits per heavy atom. The van der Waals surface area contributed by atoms with Gasteiger partial charge in [-0.15, -0.1) is 0 Å². The number of Topliss-reactive ketones (excluding diaryl/α,β-unsaturated/α-hetero) is 1. The van der Waals surface area contributed by atoms with E-state index < -0.39 is 0 Å². The standard InChI is InChI=1S/C12H14O2/c1-3-12(2)8-10(13)9-6-4-5-7-11(9)14-12/h4-7H,3,8H2,1-2H3/t12-/m1/s1. The van der Waals surface area contributed by atoms with E-state index in [1.165, 1.54) is 0 Å². The molecule has 14 heavy (non-hydrogen) atoms. The minimum absolute atomic E-state index is 0.191. The van der Waals surface area contributed by atoms with Crippen molar-refractivity contribution < 1.29 is 9.53 Å². The zero-order valence-electron chi connectivity index (χ0n) is 8.54. The molecule has 0 radical (unpaired) electrons. The Morgan fingerprint density at radius 3 is 2.86 bits per heavy atom. The van der Waals surface area contributed by atoms with Crippen molar-refractivity contribution in [1.82, 2.24) is 0 Å². The van der Waals surface area contributed by atoms with Gasteiger partial charge in [-0.05, 0) is 25.5 Å². The minimum atomic E-state index is -0.314. The lowest BCUT2D eigenvalue weighted by molar-refractivity contribution is 0.0499. The highest BCUT2D eigenvalue weighted by atomic mass is 16.5. The number of hydrogen-bond donors (Lipinski definition) is 0. The summed E-state index contributed by atoms with van der Waals surface area (Å²) in [5.41, 5.74) is 0.407. The molecule has 1 aliphatic heterocycles. The molecule has 1 aromatic carbocycles. The smallest absolute Gasteiger partial charge is 0.170 e. The van der Waals surface area contributed by atoms with E-state index in [2.05, 4.69) is 0 Å². The molecule has 0 N–H and O–H groups in total. The molecular formula is C12H14O2. The molecule has 0 aliphatic carbocycles. The topological polar surface area (TPSA) is 26.3 Å². The summed E-state index contributed by atoms with van der Waals surface area (Å²) in [5, 5.41) is 0. The molecule has 74 valence electrons. The third-order valence-electron chi connectivity index (χ3n) is 2.83. The van der Waals surface area contributed by atoms with Crippen LogP contribution in [0.25, 0.3) is 0 Å². The molecule has 0 spiro atoms. The second-order valence-corrected chi connectivity index (χ2v) is 4.00. The van der Waals surface area contributed by atoms with Gasteiger partial charge in [0.1, 0.15) is 11.4 Å². The maximum atomic E-state index is 11.8. The van der Waals surface area contributed by atoms with Crippen molar-refractivity contribution in [2.24, 2.45) is 0 Å². The number of benzene rings is 1. The molecule has 0 saturated heterocycles. The number of fused-ring (bicyclic) bond motifs is 1. The zero-order valence-corrected chi connectivity index (χ0v) is 8.54. The van der Waals surface area contributed by atoms with Gasteiger partial charge in [-0.2, -0.15) is 0 Å². The average molecular weight is 190 g/mol. The van der Waals surface area contributed by atoms with Crippen LogP contribution in [0.2, 0.25) is 0 Å². The van der Waals surface area contributed by atoms with Crippen molar-refractivity contribution in [3.63, 3.8) is 0 Å². The Labute approximate surface area is 83.9 Å². The maximum absolute atomic E-state index is 11.8. The summed E-state index contributed by atoms with van der Waals surface area (Å²) in [6.45, 7) is 4.03. The number of carbonyl (C=O) groups excluding carboxylic acids is 1. The summed E-state index contributed by atoms with van der Waals surface area (Å²) in [7, 11) is 0. The summed E-state index contributed by atoms with van der Waals surface area (Å²) >= 11 is 0. The van der Waals surface area contributed by atoms with Crippen LogP contribution in [0.3, 0.4) is 0 Å². The molecule has 0 unspecified atom stereocenters. The van der Waals surface area contributed by atoms with Crippen molar-refractivity contribution >= 4 is 5.78 Å². The van der Waals surface area contributed by atoms with Crippen LogP contribution in [-0.2, 0) is 0 Å². The van der Waals surface area contributed by atoms with E-state index in [1.54, 1.807) is 0 Å². The Kier molecular flexibility index (Phi) is 2.06. The number of carbonyl (C=O) groups is 1. The number of ether oxygens (including phenoxy) is 1. The monoisotopic (exact) mass is 190 g/mol. The fourth-order valence-electron chi connectivity index (χ4n) is 1.72. The zero-order chi connectivity index (χ0) is 10.2. The van der Waals surface area contributed by atoms with Crippen molar-refractivity contribution in [3.05, 3.63) is 29.8 Å². The van der Waals surface area contributed by atoms with Gasteiger partial charge in [-0.25, -0.2) is 0 Å². The number of hydrogen-bond acceptors (Lipinski definition) is 2. The van der Waals surface area contributed by atoms with Crippen molar-refractivity contribution in [2.75, 3.05) is 0 Å². The average Bonchev–Trinajstić information content (AvgIpc) is 2.18. The predicted molar refractivity (Wildman–Crippen MR) is 54.7 cm³/mol. The minimum Gasteiger partial charge on any atom is -0.486 e. The first kappa shape index (κ1) is 9.25. The Morgan fingerprint density at radius 2 is 2.14 bits per heavy atom. The summed E-state index contributed by atoms with van der Waals surface area (Å²) in [6.07, 6.45) is 1.34. The van der Waals surface area contributed by atoms with E-state index in [0.29, 0.717) is 6.42 Å². The normalized spacial score (nSPS) is 25.4. The lowest BCUT2D eigenvalue weighted by Gasteiger charge is -2.33. The van der Waals surface area contributed by atoms with Gasteiger partial charge in [0.15, 0.2) is 5.78 Å². The molecule has 1 heterocycles. The summed E-state index contributed by atoms with van der Waals surface area (Å²) in [5.74, 6) is 0.921. The van der Waals surface area contributed by atoms with Crippen molar-refractivity contribution in [3.8, 4) is 5.75 Å². The molecule has 0 fully saturated rings. The van der Waals surface area contributed by atoms with Gasteiger partial charge in [0.05, 0.1) is 12.0 Å². The lowest BCUT2D eigenvalue weighted by atomic mass is 9.90. The Hall–Kier alpha value is -1.31. The van der Waals surface area contributed by atoms with Gasteiger partial charge < -0.3 is 4.74 Å². The molecule has 2 nitrogen and oxygen atoms in total. The van der Waals surface area contributed by atoms with Gasteiger partial charge in [0.2, 0.25) is 0 Å². The van der Waals surface area contributed by atoms with E-state index >= 15 is 0 Å². The lowest BCUT2D eigenvalue weighted by Crippen LogP contribution is -2.38. The second kappa shape index (κ2) is 3.12. The SMILES string of the molecule is CC[C@]1(C)CC(=O)c2ccccc2O1. The molecule has 2 rings (SSSR count). The highest BCUT2D eigenvalue weighted by Crippen LogP contribution is 2.34. The molecule has 2 heteroatoms. The van der Waals surface area contributed by atoms with Crippen LogP contribution in [0.1, 0.15) is 37.0 Å². The van der Waals surface area contributed by atoms with E-state index in [1.807, 2.05) is 38.1 Å². The maximum Gasteiger partial charge on any atom is 0.170 e. The fraction of sp³-hybridized carbons (Fsp3) is 0.417. The van der Waals surface area contributed by atoms with E-state index in [-0.39, 0.29) is 11.4 Å². The highest BCUT2D eigenvalue weighted by molar-refractivity contribution is 6.00. The molecule has 0 amide bonds. The molecule has 1 aromatic rings. The number of para-hydroxylation sites is 1. The Balaban J connectivity index is 2.43. The number of rotatable bonds is 1. The third kappa shape index (κ3) is 1.41. The molecule has 1 aliphatic rings. The molecule has 1 atom stereocenters. The molecule has 0 bridgehead atoms.